The van der Waals surface area contributed by atoms with Crippen molar-refractivity contribution in [1.29, 1.82) is 0 Å². The Labute approximate surface area is 109 Å². The molecule has 3 fully saturated rings. The van der Waals surface area contributed by atoms with Crippen LogP contribution in [0.5, 0.6) is 0 Å². The number of hydrogen-bond donors (Lipinski definition) is 1. The Balaban J connectivity index is 1.70. The number of amidine groups is 1. The Bertz CT molecular complexity index is 329. The number of rotatable bonds is 1. The lowest BCUT2D eigenvalue weighted by Gasteiger charge is -2.25. The molecule has 2 aliphatic carbocycles. The molecule has 0 aromatic heterocycles. The average Bonchev–Trinajstić information content (AvgIpc) is 2.95. The van der Waals surface area contributed by atoms with Crippen molar-refractivity contribution < 1.29 is 0 Å². The first-order chi connectivity index (χ1) is 8.10. The van der Waals surface area contributed by atoms with Crippen molar-refractivity contribution >= 4 is 16.9 Å². The van der Waals surface area contributed by atoms with Gasteiger partial charge in [-0.3, -0.25) is 4.99 Å². The van der Waals surface area contributed by atoms with Gasteiger partial charge in [0.05, 0.1) is 6.04 Å². The van der Waals surface area contributed by atoms with Gasteiger partial charge in [0, 0.05) is 11.3 Å². The van der Waals surface area contributed by atoms with Gasteiger partial charge in [0.15, 0.2) is 5.17 Å². The Morgan fingerprint density at radius 1 is 1.18 bits per heavy atom. The average molecular weight is 252 g/mol. The maximum Gasteiger partial charge on any atom is 0.157 e. The first-order valence-electron chi connectivity index (χ1n) is 7.09. The molecule has 0 aromatic carbocycles. The van der Waals surface area contributed by atoms with Gasteiger partial charge in [-0.1, -0.05) is 44.9 Å². The van der Waals surface area contributed by atoms with E-state index in [0.29, 0.717) is 17.0 Å². The predicted molar refractivity (Wildman–Crippen MR) is 75.6 cm³/mol. The molecule has 1 unspecified atom stereocenters. The molecule has 3 aliphatic rings. The summed E-state index contributed by atoms with van der Waals surface area (Å²) < 4.78 is 0. The van der Waals surface area contributed by atoms with Gasteiger partial charge in [-0.15, -0.1) is 0 Å². The lowest BCUT2D eigenvalue weighted by molar-refractivity contribution is 0.333. The van der Waals surface area contributed by atoms with E-state index in [-0.39, 0.29) is 0 Å². The molecule has 0 radical (unpaired) electrons. The molecule has 2 nitrogen and oxygen atoms in total. The normalized spacial score (nSPS) is 36.8. The molecule has 17 heavy (non-hydrogen) atoms. The molecule has 96 valence electrons. The molecular formula is C14H24N2S. The van der Waals surface area contributed by atoms with Crippen LogP contribution in [0.15, 0.2) is 4.99 Å². The molecule has 0 bridgehead atoms. The fourth-order valence-electron chi connectivity index (χ4n) is 3.59. The first kappa shape index (κ1) is 11.9. The van der Waals surface area contributed by atoms with Crippen molar-refractivity contribution in [3.8, 4) is 0 Å². The molecular weight excluding hydrogens is 228 g/mol. The quantitative estimate of drug-likeness (QED) is 0.771. The molecule has 2 saturated carbocycles. The maximum absolute atomic E-state index is 5.02. The zero-order chi connectivity index (χ0) is 11.9. The minimum Gasteiger partial charge on any atom is -0.359 e. The van der Waals surface area contributed by atoms with Gasteiger partial charge in [-0.2, -0.15) is 0 Å². The van der Waals surface area contributed by atoms with Crippen LogP contribution >= 0.6 is 11.8 Å². The summed E-state index contributed by atoms with van der Waals surface area (Å²) >= 11 is 1.96. The van der Waals surface area contributed by atoms with E-state index in [1.165, 1.54) is 55.9 Å². The highest BCUT2D eigenvalue weighted by atomic mass is 32.2. The molecule has 1 aliphatic heterocycles. The second kappa shape index (κ2) is 4.18. The van der Waals surface area contributed by atoms with Crippen molar-refractivity contribution in [2.45, 2.75) is 70.4 Å². The molecule has 0 aromatic rings. The Morgan fingerprint density at radius 3 is 2.59 bits per heavy atom. The number of nitrogens with zero attached hydrogens (tertiary/aromatic N) is 1. The van der Waals surface area contributed by atoms with Crippen LogP contribution in [0.4, 0.5) is 0 Å². The lowest BCUT2D eigenvalue weighted by atomic mass is 9.88. The third-order valence-corrected chi connectivity index (χ3v) is 6.07. The molecule has 1 saturated heterocycles. The third kappa shape index (κ3) is 2.23. The zero-order valence-electron chi connectivity index (χ0n) is 11.1. The highest BCUT2D eigenvalue weighted by Crippen LogP contribution is 2.42. The Kier molecular flexibility index (Phi) is 2.92. The topological polar surface area (TPSA) is 24.4 Å². The number of aliphatic imine (C=N–C) groups is 1. The summed E-state index contributed by atoms with van der Waals surface area (Å²) in [6.45, 7) is 4.75. The lowest BCUT2D eigenvalue weighted by Crippen LogP contribution is -2.41. The van der Waals surface area contributed by atoms with Gasteiger partial charge >= 0.3 is 0 Å². The highest BCUT2D eigenvalue weighted by molar-refractivity contribution is 8.14. The molecule has 1 atom stereocenters. The summed E-state index contributed by atoms with van der Waals surface area (Å²) in [5.41, 5.74) is 0.840. The van der Waals surface area contributed by atoms with Crippen LogP contribution in [0.2, 0.25) is 0 Å². The molecule has 3 heteroatoms. The van der Waals surface area contributed by atoms with Crippen molar-refractivity contribution in [1.82, 2.24) is 5.32 Å². The van der Waals surface area contributed by atoms with Gasteiger partial charge in [0.25, 0.3) is 0 Å². The van der Waals surface area contributed by atoms with Gasteiger partial charge in [0.1, 0.15) is 0 Å². The van der Waals surface area contributed by atoms with E-state index in [1.807, 2.05) is 11.8 Å². The van der Waals surface area contributed by atoms with E-state index >= 15 is 0 Å². The van der Waals surface area contributed by atoms with Crippen LogP contribution in [0, 0.1) is 5.41 Å². The van der Waals surface area contributed by atoms with Crippen LogP contribution in [0.1, 0.15) is 58.8 Å². The van der Waals surface area contributed by atoms with Crippen LogP contribution < -0.4 is 5.32 Å². The zero-order valence-corrected chi connectivity index (χ0v) is 11.9. The highest BCUT2D eigenvalue weighted by Gasteiger charge is 2.41. The van der Waals surface area contributed by atoms with Gasteiger partial charge in [0.2, 0.25) is 0 Å². The van der Waals surface area contributed by atoms with E-state index in [9.17, 15) is 0 Å². The maximum atomic E-state index is 5.02. The fraction of sp³-hybridized carbons (Fsp3) is 0.929. The third-order valence-electron chi connectivity index (χ3n) is 4.89. The van der Waals surface area contributed by atoms with Crippen LogP contribution in [0.3, 0.4) is 0 Å². The van der Waals surface area contributed by atoms with Crippen molar-refractivity contribution in [3.63, 3.8) is 0 Å². The monoisotopic (exact) mass is 252 g/mol. The largest absolute Gasteiger partial charge is 0.359 e. The van der Waals surface area contributed by atoms with Gasteiger partial charge in [-0.25, -0.2) is 0 Å². The molecule has 1 N–H and O–H groups in total. The fourth-order valence-corrected chi connectivity index (χ4v) is 4.85. The Morgan fingerprint density at radius 2 is 1.94 bits per heavy atom. The van der Waals surface area contributed by atoms with Crippen LogP contribution in [-0.2, 0) is 0 Å². The van der Waals surface area contributed by atoms with E-state index in [2.05, 4.69) is 19.2 Å². The second-order valence-electron chi connectivity index (χ2n) is 6.73. The van der Waals surface area contributed by atoms with Crippen molar-refractivity contribution in [2.24, 2.45) is 10.4 Å². The summed E-state index contributed by atoms with van der Waals surface area (Å²) in [5.74, 6) is 1.25. The predicted octanol–water partition coefficient (Wildman–Crippen LogP) is 3.57. The van der Waals surface area contributed by atoms with Crippen LogP contribution in [-0.4, -0.2) is 22.5 Å². The first-order valence-corrected chi connectivity index (χ1v) is 8.07. The van der Waals surface area contributed by atoms with Crippen molar-refractivity contribution in [3.05, 3.63) is 0 Å². The summed E-state index contributed by atoms with van der Waals surface area (Å²) in [6, 6.07) is 0.550. The summed E-state index contributed by atoms with van der Waals surface area (Å²) in [5, 5.41) is 4.99. The summed E-state index contributed by atoms with van der Waals surface area (Å²) in [4.78, 5) is 5.02. The number of thioether (sulfide) groups is 1. The van der Waals surface area contributed by atoms with Crippen molar-refractivity contribution in [2.75, 3.05) is 5.75 Å². The standard InChI is InChI=1S/C14H24N2S/c1-13(2)7-5-6-11(13)15-12-16-14(10-17-12)8-3-4-9-14/h11H,3-10H2,1-2H3,(H,15,16). The molecule has 1 spiro atoms. The summed E-state index contributed by atoms with van der Waals surface area (Å²) in [7, 11) is 0. The molecule has 0 amide bonds. The smallest absolute Gasteiger partial charge is 0.157 e. The molecule has 3 rings (SSSR count). The number of hydrogen-bond acceptors (Lipinski definition) is 2. The van der Waals surface area contributed by atoms with Gasteiger partial charge in [-0.05, 0) is 31.1 Å². The summed E-state index contributed by atoms with van der Waals surface area (Å²) in [6.07, 6.45) is 9.48. The second-order valence-corrected chi connectivity index (χ2v) is 7.70. The number of nitrogens with one attached hydrogen (secondary N) is 1. The van der Waals surface area contributed by atoms with Gasteiger partial charge < -0.3 is 5.32 Å². The van der Waals surface area contributed by atoms with E-state index in [4.69, 9.17) is 4.99 Å². The van der Waals surface area contributed by atoms with E-state index in [0.717, 1.165) is 0 Å². The van der Waals surface area contributed by atoms with Crippen LogP contribution in [0.25, 0.3) is 0 Å². The van der Waals surface area contributed by atoms with E-state index < -0.39 is 0 Å². The minimum atomic E-state index is 0.417. The minimum absolute atomic E-state index is 0.417. The van der Waals surface area contributed by atoms with E-state index in [1.54, 1.807) is 0 Å². The molecule has 1 heterocycles. The Hall–Kier alpha value is -0.180. The SMILES string of the molecule is CC1(C)CCCC1N=C1NC2(CCCC2)CS1.